The maximum absolute atomic E-state index is 11.8. The number of aliphatic carboxylic acids is 1. The third-order valence-corrected chi connectivity index (χ3v) is 4.57. The first-order valence-electron chi connectivity index (χ1n) is 7.96. The van der Waals surface area contributed by atoms with Crippen molar-refractivity contribution in [2.24, 2.45) is 0 Å². The van der Waals surface area contributed by atoms with Gasteiger partial charge in [-0.25, -0.2) is 4.79 Å². The predicted molar refractivity (Wildman–Crippen MR) is 103 cm³/mol. The van der Waals surface area contributed by atoms with Gasteiger partial charge < -0.3 is 9.84 Å². The summed E-state index contributed by atoms with van der Waals surface area (Å²) in [6.45, 7) is 2.74. The highest BCUT2D eigenvalue weighted by Crippen LogP contribution is 2.35. The Hall–Kier alpha value is -2.31. The Bertz CT molecular complexity index is 925. The topological polar surface area (TPSA) is 64.3 Å². The van der Waals surface area contributed by atoms with Crippen LogP contribution in [0.4, 0.5) is 0 Å². The number of benzene rings is 2. The van der Waals surface area contributed by atoms with E-state index in [0.717, 1.165) is 11.0 Å². The lowest BCUT2D eigenvalue weighted by molar-refractivity contribution is -0.145. The first kappa shape index (κ1) is 18.5. The molecule has 0 bridgehead atoms. The molecule has 2 aromatic carbocycles. The molecule has 0 radical (unpaired) electrons. The van der Waals surface area contributed by atoms with Gasteiger partial charge in [-0.2, -0.15) is 5.10 Å². The lowest BCUT2D eigenvalue weighted by atomic mass is 10.1. The van der Waals surface area contributed by atoms with Crippen LogP contribution in [0.3, 0.4) is 0 Å². The number of ether oxygens (including phenoxy) is 1. The van der Waals surface area contributed by atoms with E-state index in [-0.39, 0.29) is 0 Å². The second-order valence-corrected chi connectivity index (χ2v) is 6.94. The number of halogens is 2. The molecule has 1 heterocycles. The molecule has 5 nitrogen and oxygen atoms in total. The minimum absolute atomic E-state index is 0.442. The molecule has 3 aromatic rings. The Kier molecular flexibility index (Phi) is 5.64. The zero-order chi connectivity index (χ0) is 18.7. The molecule has 134 valence electrons. The van der Waals surface area contributed by atoms with Gasteiger partial charge in [0.2, 0.25) is 6.10 Å². The molecule has 7 heteroatoms. The minimum atomic E-state index is -1.15. The van der Waals surface area contributed by atoms with Crippen LogP contribution in [0.25, 0.3) is 11.3 Å². The largest absolute Gasteiger partial charge is 0.478 e. The van der Waals surface area contributed by atoms with Crippen molar-refractivity contribution in [1.29, 1.82) is 0 Å². The summed E-state index contributed by atoms with van der Waals surface area (Å²) < 4.78 is 8.52. The summed E-state index contributed by atoms with van der Waals surface area (Å²) >= 11 is 9.34. The van der Waals surface area contributed by atoms with Crippen LogP contribution in [0.5, 0.6) is 5.75 Å². The molecule has 3 rings (SSSR count). The van der Waals surface area contributed by atoms with E-state index in [1.807, 2.05) is 25.3 Å². The maximum atomic E-state index is 11.8. The third kappa shape index (κ3) is 4.08. The smallest absolute Gasteiger partial charge is 0.349 e. The molecule has 1 atom stereocenters. The van der Waals surface area contributed by atoms with Crippen LogP contribution in [0.15, 0.2) is 59.2 Å². The van der Waals surface area contributed by atoms with Crippen molar-refractivity contribution in [3.63, 3.8) is 0 Å². The van der Waals surface area contributed by atoms with Crippen LogP contribution in [0.2, 0.25) is 5.02 Å². The zero-order valence-electron chi connectivity index (χ0n) is 13.9. The molecule has 0 aliphatic heterocycles. The van der Waals surface area contributed by atoms with Gasteiger partial charge in [0.25, 0.3) is 0 Å². The molecule has 0 aliphatic carbocycles. The fraction of sp³-hybridized carbons (Fsp3) is 0.158. The van der Waals surface area contributed by atoms with Gasteiger partial charge in [0, 0.05) is 33.4 Å². The lowest BCUT2D eigenvalue weighted by Crippen LogP contribution is -2.18. The predicted octanol–water partition coefficient (Wildman–Crippen LogP) is 5.19. The molecule has 0 amide bonds. The molecule has 1 unspecified atom stereocenters. The number of aromatic nitrogens is 2. The normalized spacial score (nSPS) is 12.0. The van der Waals surface area contributed by atoms with Crippen LogP contribution in [0.1, 0.15) is 18.6 Å². The first-order valence-corrected chi connectivity index (χ1v) is 9.13. The number of carbonyl (C=O) groups is 1. The van der Waals surface area contributed by atoms with Crippen LogP contribution >= 0.6 is 27.5 Å². The van der Waals surface area contributed by atoms with Gasteiger partial charge in [-0.3, -0.25) is 4.68 Å². The fourth-order valence-corrected chi connectivity index (χ4v) is 3.00. The Morgan fingerprint density at radius 2 is 2.00 bits per heavy atom. The molecule has 0 aliphatic rings. The Balaban J connectivity index is 1.99. The highest BCUT2D eigenvalue weighted by molar-refractivity contribution is 9.10. The number of rotatable bonds is 6. The monoisotopic (exact) mass is 434 g/mol. The summed E-state index contributed by atoms with van der Waals surface area (Å²) in [5.41, 5.74) is 1.94. The molecule has 0 saturated heterocycles. The average Bonchev–Trinajstić information content (AvgIpc) is 3.10. The summed E-state index contributed by atoms with van der Waals surface area (Å²) in [5.74, 6) is -0.641. The molecule has 26 heavy (non-hydrogen) atoms. The molecule has 0 saturated carbocycles. The highest BCUT2D eigenvalue weighted by Gasteiger charge is 2.24. The summed E-state index contributed by atoms with van der Waals surface area (Å²) in [6.07, 6.45) is 0.717. The van der Waals surface area contributed by atoms with Gasteiger partial charge in [0.1, 0.15) is 5.75 Å². The van der Waals surface area contributed by atoms with E-state index in [2.05, 4.69) is 21.0 Å². The second kappa shape index (κ2) is 7.93. The van der Waals surface area contributed by atoms with Gasteiger partial charge in [-0.05, 0) is 43.3 Å². The molecular formula is C19H16BrClN2O3. The van der Waals surface area contributed by atoms with Crippen molar-refractivity contribution in [2.45, 2.75) is 19.6 Å². The summed E-state index contributed by atoms with van der Waals surface area (Å²) in [7, 11) is 0. The zero-order valence-corrected chi connectivity index (χ0v) is 16.2. The van der Waals surface area contributed by atoms with E-state index in [9.17, 15) is 9.90 Å². The van der Waals surface area contributed by atoms with E-state index >= 15 is 0 Å². The van der Waals surface area contributed by atoms with E-state index in [1.54, 1.807) is 41.1 Å². The molecule has 0 spiro atoms. The number of hydrogen-bond acceptors (Lipinski definition) is 3. The average molecular weight is 436 g/mol. The summed E-state index contributed by atoms with van der Waals surface area (Å²) in [4.78, 5) is 11.8. The molecule has 0 fully saturated rings. The van der Waals surface area contributed by atoms with Crippen LogP contribution in [-0.4, -0.2) is 20.9 Å². The third-order valence-electron chi connectivity index (χ3n) is 3.82. The number of hydrogen-bond donors (Lipinski definition) is 1. The van der Waals surface area contributed by atoms with Crippen LogP contribution < -0.4 is 4.74 Å². The van der Waals surface area contributed by atoms with Crippen molar-refractivity contribution in [3.8, 4) is 17.0 Å². The molecular weight excluding hydrogens is 420 g/mol. The van der Waals surface area contributed by atoms with Crippen LogP contribution in [0, 0.1) is 0 Å². The van der Waals surface area contributed by atoms with Crippen LogP contribution in [-0.2, 0) is 11.3 Å². The molecule has 1 aromatic heterocycles. The van der Waals surface area contributed by atoms with E-state index in [1.165, 1.54) is 0 Å². The number of carboxylic acids is 1. The first-order chi connectivity index (χ1) is 12.5. The lowest BCUT2D eigenvalue weighted by Gasteiger charge is -2.18. The number of nitrogens with zero attached hydrogens (tertiary/aromatic N) is 2. The SMILES string of the molecule is CCn1ccc(-c2cc(Br)ccc2OC(C(=O)O)c2ccc(Cl)cc2)n1. The standard InChI is InChI=1S/C19H16BrClN2O3/c1-2-23-10-9-16(22-23)15-11-13(20)5-8-17(15)26-18(19(24)25)12-3-6-14(21)7-4-12/h3-11,18H,2H2,1H3,(H,24,25). The van der Waals surface area contributed by atoms with Gasteiger partial charge >= 0.3 is 5.97 Å². The number of aryl methyl sites for hydroxylation is 1. The number of carboxylic acid groups (broad SMARTS) is 1. The minimum Gasteiger partial charge on any atom is -0.478 e. The molecule has 1 N–H and O–H groups in total. The summed E-state index contributed by atoms with van der Waals surface area (Å²) in [6, 6.07) is 13.8. The highest BCUT2D eigenvalue weighted by atomic mass is 79.9. The van der Waals surface area contributed by atoms with E-state index < -0.39 is 12.1 Å². The maximum Gasteiger partial charge on any atom is 0.349 e. The Morgan fingerprint density at radius 1 is 1.27 bits per heavy atom. The van der Waals surface area contributed by atoms with Crippen molar-refractivity contribution < 1.29 is 14.6 Å². The van der Waals surface area contributed by atoms with Gasteiger partial charge in [-0.15, -0.1) is 0 Å². The van der Waals surface area contributed by atoms with Crippen molar-refractivity contribution >= 4 is 33.5 Å². The van der Waals surface area contributed by atoms with Gasteiger partial charge in [0.05, 0.1) is 5.69 Å². The van der Waals surface area contributed by atoms with Crippen molar-refractivity contribution in [1.82, 2.24) is 9.78 Å². The quantitative estimate of drug-likeness (QED) is 0.578. The van der Waals surface area contributed by atoms with Crippen molar-refractivity contribution in [2.75, 3.05) is 0 Å². The van der Waals surface area contributed by atoms with Gasteiger partial charge in [0.15, 0.2) is 0 Å². The second-order valence-electron chi connectivity index (χ2n) is 5.58. The Morgan fingerprint density at radius 3 is 2.62 bits per heavy atom. The summed E-state index contributed by atoms with van der Waals surface area (Å²) in [5, 5.41) is 14.7. The van der Waals surface area contributed by atoms with E-state index in [0.29, 0.717) is 27.6 Å². The van der Waals surface area contributed by atoms with Gasteiger partial charge in [-0.1, -0.05) is 39.7 Å². The Labute approximate surface area is 164 Å². The van der Waals surface area contributed by atoms with E-state index in [4.69, 9.17) is 16.3 Å². The van der Waals surface area contributed by atoms with Crippen molar-refractivity contribution in [3.05, 3.63) is 69.8 Å². The fourth-order valence-electron chi connectivity index (χ4n) is 2.51.